The highest BCUT2D eigenvalue weighted by Gasteiger charge is 2.36. The van der Waals surface area contributed by atoms with E-state index in [1.807, 2.05) is 12.1 Å². The predicted octanol–water partition coefficient (Wildman–Crippen LogP) is 7.49. The van der Waals surface area contributed by atoms with E-state index < -0.39 is 35.6 Å². The van der Waals surface area contributed by atoms with Crippen LogP contribution in [-0.4, -0.2) is 29.4 Å². The van der Waals surface area contributed by atoms with Gasteiger partial charge in [0.2, 0.25) is 0 Å². The average Bonchev–Trinajstić information content (AvgIpc) is 3.30. The van der Waals surface area contributed by atoms with Crippen molar-refractivity contribution in [1.82, 2.24) is 4.90 Å². The molecule has 2 aromatic rings. The number of aliphatic hydroxyl groups excluding tert-OH is 1. The molecule has 0 spiro atoms. The molecule has 4 rings (SSSR count). The Labute approximate surface area is 217 Å². The summed E-state index contributed by atoms with van der Waals surface area (Å²) < 4.78 is 86.4. The van der Waals surface area contributed by atoms with Gasteiger partial charge in [-0.1, -0.05) is 18.6 Å². The van der Waals surface area contributed by atoms with Gasteiger partial charge in [0.15, 0.2) is 5.78 Å². The fourth-order valence-corrected chi connectivity index (χ4v) is 4.99. The molecule has 1 N–H and O–H groups in total. The number of hydrogen-bond donors (Lipinski definition) is 1. The number of aliphatic hydroxyl groups is 1. The molecule has 0 unspecified atom stereocenters. The van der Waals surface area contributed by atoms with Crippen LogP contribution in [0.2, 0.25) is 0 Å². The van der Waals surface area contributed by atoms with E-state index in [1.165, 1.54) is 30.5 Å². The maximum Gasteiger partial charge on any atom is 0.416 e. The first-order valence-corrected chi connectivity index (χ1v) is 12.4. The number of allylic oxidation sites excluding steroid dienone is 2. The van der Waals surface area contributed by atoms with Gasteiger partial charge < -0.3 is 10.0 Å². The summed E-state index contributed by atoms with van der Waals surface area (Å²) in [5.74, 6) is 1.31. The standard InChI is InChI=1S/C19H24FNO.C9H6F6O/c1-21(18-9-10-19(22)12-18)13-14-3-2-4-16(11-14)15-5-7-17(20)8-6-15;10-8(11,12)6-1-5(4-16)2-7(3-6)9(13,14)15/h5-8,12,14,16H,2-4,9-11,13H2,1H3;1-3,16H,4H2/t14-,16+;/m0./s1. The summed E-state index contributed by atoms with van der Waals surface area (Å²) in [7, 11) is 2.10. The van der Waals surface area contributed by atoms with E-state index in [1.54, 1.807) is 18.2 Å². The van der Waals surface area contributed by atoms with E-state index >= 15 is 0 Å². The minimum Gasteiger partial charge on any atom is -0.392 e. The van der Waals surface area contributed by atoms with E-state index in [0.29, 0.717) is 30.4 Å². The largest absolute Gasteiger partial charge is 0.416 e. The molecule has 0 aliphatic heterocycles. The van der Waals surface area contributed by atoms with Gasteiger partial charge in [-0.05, 0) is 79.0 Å². The monoisotopic (exact) mass is 545 g/mol. The van der Waals surface area contributed by atoms with Crippen LogP contribution in [-0.2, 0) is 23.8 Å². The van der Waals surface area contributed by atoms with Crippen molar-refractivity contribution in [2.45, 2.75) is 63.4 Å². The molecule has 208 valence electrons. The van der Waals surface area contributed by atoms with Crippen molar-refractivity contribution < 1.29 is 40.6 Å². The van der Waals surface area contributed by atoms with E-state index in [-0.39, 0.29) is 17.7 Å². The van der Waals surface area contributed by atoms with Gasteiger partial charge >= 0.3 is 12.4 Å². The van der Waals surface area contributed by atoms with Gasteiger partial charge in [0.25, 0.3) is 0 Å². The topological polar surface area (TPSA) is 40.5 Å². The third kappa shape index (κ3) is 8.31. The zero-order valence-electron chi connectivity index (χ0n) is 20.9. The fraction of sp³-hybridized carbons (Fsp3) is 0.464. The van der Waals surface area contributed by atoms with Gasteiger partial charge in [-0.2, -0.15) is 26.3 Å². The fourth-order valence-electron chi connectivity index (χ4n) is 4.99. The molecule has 0 heterocycles. The number of ketones is 1. The van der Waals surface area contributed by atoms with Crippen molar-refractivity contribution in [1.29, 1.82) is 0 Å². The lowest BCUT2D eigenvalue weighted by Gasteiger charge is -2.33. The maximum atomic E-state index is 13.1. The molecule has 2 aliphatic carbocycles. The highest BCUT2D eigenvalue weighted by atomic mass is 19.4. The molecule has 0 radical (unpaired) electrons. The lowest BCUT2D eigenvalue weighted by Crippen LogP contribution is -2.28. The molecule has 0 amide bonds. The maximum absolute atomic E-state index is 13.1. The summed E-state index contributed by atoms with van der Waals surface area (Å²) in [5, 5.41) is 8.58. The molecule has 1 fully saturated rings. The summed E-state index contributed by atoms with van der Waals surface area (Å²) in [6.07, 6.45) is -1.52. The quantitative estimate of drug-likeness (QED) is 0.396. The number of carbonyl (C=O) groups is 1. The van der Waals surface area contributed by atoms with Crippen molar-refractivity contribution in [3.8, 4) is 0 Å². The van der Waals surface area contributed by atoms with Crippen LogP contribution in [0.25, 0.3) is 0 Å². The van der Waals surface area contributed by atoms with E-state index in [0.717, 1.165) is 19.4 Å². The van der Waals surface area contributed by atoms with Gasteiger partial charge in [-0.3, -0.25) is 4.79 Å². The van der Waals surface area contributed by atoms with Crippen molar-refractivity contribution in [3.63, 3.8) is 0 Å². The number of halogens is 7. The molecule has 0 aromatic heterocycles. The Morgan fingerprint density at radius 1 is 0.921 bits per heavy atom. The van der Waals surface area contributed by atoms with E-state index in [2.05, 4.69) is 11.9 Å². The smallest absolute Gasteiger partial charge is 0.392 e. The highest BCUT2D eigenvalue weighted by Crippen LogP contribution is 2.38. The third-order valence-corrected chi connectivity index (χ3v) is 6.93. The van der Waals surface area contributed by atoms with Crippen LogP contribution >= 0.6 is 0 Å². The lowest BCUT2D eigenvalue weighted by atomic mass is 9.78. The molecule has 2 aliphatic rings. The van der Waals surface area contributed by atoms with Crippen LogP contribution in [0, 0.1) is 11.7 Å². The normalized spacial score (nSPS) is 20.0. The molecule has 0 bridgehead atoms. The Morgan fingerprint density at radius 2 is 1.53 bits per heavy atom. The number of benzene rings is 2. The second-order valence-electron chi connectivity index (χ2n) is 9.84. The summed E-state index contributed by atoms with van der Waals surface area (Å²) in [5.41, 5.74) is -0.821. The van der Waals surface area contributed by atoms with Crippen molar-refractivity contribution in [2.75, 3.05) is 13.6 Å². The Balaban J connectivity index is 0.000000223. The molecular weight excluding hydrogens is 515 g/mol. The van der Waals surface area contributed by atoms with Gasteiger partial charge in [0, 0.05) is 31.8 Å². The highest BCUT2D eigenvalue weighted by molar-refractivity contribution is 5.92. The summed E-state index contributed by atoms with van der Waals surface area (Å²) >= 11 is 0. The van der Waals surface area contributed by atoms with Crippen LogP contribution in [0.15, 0.2) is 54.2 Å². The molecule has 2 aromatic carbocycles. The molecule has 1 saturated carbocycles. The molecule has 38 heavy (non-hydrogen) atoms. The number of carbonyl (C=O) groups excluding carboxylic acids is 1. The first-order valence-electron chi connectivity index (χ1n) is 12.4. The zero-order valence-corrected chi connectivity index (χ0v) is 20.9. The van der Waals surface area contributed by atoms with Crippen LogP contribution in [0.3, 0.4) is 0 Å². The Kier molecular flexibility index (Phi) is 9.62. The minimum atomic E-state index is -4.87. The Bertz CT molecular complexity index is 1090. The van der Waals surface area contributed by atoms with Gasteiger partial charge in [0.05, 0.1) is 17.7 Å². The molecule has 0 saturated heterocycles. The number of hydrogen-bond acceptors (Lipinski definition) is 3. The van der Waals surface area contributed by atoms with Gasteiger partial charge in [-0.15, -0.1) is 0 Å². The third-order valence-electron chi connectivity index (χ3n) is 6.93. The van der Waals surface area contributed by atoms with Crippen LogP contribution in [0.4, 0.5) is 30.7 Å². The molecular formula is C28H30F7NO2. The number of rotatable bonds is 5. The second-order valence-corrected chi connectivity index (χ2v) is 9.84. The predicted molar refractivity (Wildman–Crippen MR) is 128 cm³/mol. The van der Waals surface area contributed by atoms with Crippen molar-refractivity contribution in [2.24, 2.45) is 5.92 Å². The minimum absolute atomic E-state index is 0.0131. The van der Waals surface area contributed by atoms with Crippen molar-refractivity contribution in [3.05, 3.63) is 82.3 Å². The number of alkyl halides is 6. The second kappa shape index (κ2) is 12.3. The summed E-state index contributed by atoms with van der Waals surface area (Å²) in [4.78, 5) is 13.6. The van der Waals surface area contributed by atoms with E-state index in [9.17, 15) is 35.5 Å². The Hall–Kier alpha value is -2.88. The SMILES string of the molecule is CN(C[C@H]1CCC[C@@H](c2ccc(F)cc2)C1)C1=CC(=O)CC1.OCc1cc(C(F)(F)F)cc(C(F)(F)F)c1. The van der Waals surface area contributed by atoms with Crippen LogP contribution in [0.1, 0.15) is 66.7 Å². The lowest BCUT2D eigenvalue weighted by molar-refractivity contribution is -0.143. The summed E-state index contributed by atoms with van der Waals surface area (Å²) in [6, 6.07) is 7.98. The molecule has 3 nitrogen and oxygen atoms in total. The zero-order chi connectivity index (χ0) is 28.1. The summed E-state index contributed by atoms with van der Waals surface area (Å²) in [6.45, 7) is 0.143. The molecule has 10 heteroatoms. The van der Waals surface area contributed by atoms with Crippen LogP contribution < -0.4 is 0 Å². The van der Waals surface area contributed by atoms with Crippen LogP contribution in [0.5, 0.6) is 0 Å². The number of nitrogens with zero attached hydrogens (tertiary/aromatic N) is 1. The first-order chi connectivity index (χ1) is 17.8. The van der Waals surface area contributed by atoms with Gasteiger partial charge in [0.1, 0.15) is 5.82 Å². The van der Waals surface area contributed by atoms with Gasteiger partial charge in [-0.25, -0.2) is 4.39 Å². The van der Waals surface area contributed by atoms with E-state index in [4.69, 9.17) is 5.11 Å². The average molecular weight is 546 g/mol. The first kappa shape index (κ1) is 29.7. The molecule has 2 atom stereocenters. The van der Waals surface area contributed by atoms with Crippen molar-refractivity contribution >= 4 is 5.78 Å². The Morgan fingerprint density at radius 3 is 2.03 bits per heavy atom.